The third-order valence-corrected chi connectivity index (χ3v) is 4.64. The number of fused-ring (bicyclic) bond motifs is 1. The van der Waals surface area contributed by atoms with Crippen molar-refractivity contribution in [2.75, 3.05) is 5.73 Å². The van der Waals surface area contributed by atoms with E-state index < -0.39 is 0 Å². The summed E-state index contributed by atoms with van der Waals surface area (Å²) in [4.78, 5) is 4.49. The fourth-order valence-corrected chi connectivity index (χ4v) is 3.33. The van der Waals surface area contributed by atoms with Crippen molar-refractivity contribution < 1.29 is 4.42 Å². The van der Waals surface area contributed by atoms with E-state index in [-0.39, 0.29) is 0 Å². The average Bonchev–Trinajstić information content (AvgIpc) is 2.80. The second-order valence-electron chi connectivity index (χ2n) is 3.96. The van der Waals surface area contributed by atoms with Gasteiger partial charge in [0.05, 0.1) is 10.2 Å². The van der Waals surface area contributed by atoms with E-state index >= 15 is 0 Å². The Balaban J connectivity index is 2.25. The van der Waals surface area contributed by atoms with Crippen LogP contribution in [0.5, 0.6) is 0 Å². The van der Waals surface area contributed by atoms with Crippen LogP contribution in [0.25, 0.3) is 22.6 Å². The number of anilines is 1. The maximum atomic E-state index is 5.94. The molecule has 2 N–H and O–H groups in total. The fraction of sp³-hybridized carbons (Fsp3) is 0. The van der Waals surface area contributed by atoms with Crippen molar-refractivity contribution in [1.82, 2.24) is 4.98 Å². The maximum Gasteiger partial charge on any atom is 0.227 e. The van der Waals surface area contributed by atoms with Gasteiger partial charge in [0, 0.05) is 14.5 Å². The molecular weight excluding hydrogens is 440 g/mol. The van der Waals surface area contributed by atoms with Crippen molar-refractivity contribution in [1.29, 1.82) is 0 Å². The first-order valence-corrected chi connectivity index (χ1v) is 7.74. The highest BCUT2D eigenvalue weighted by Gasteiger charge is 2.15. The predicted octanol–water partition coefficient (Wildman–Crippen LogP) is 5.36. The summed E-state index contributed by atoms with van der Waals surface area (Å²) in [6.07, 6.45) is 0. The van der Waals surface area contributed by atoms with Gasteiger partial charge in [0.2, 0.25) is 5.89 Å². The number of hydrogen-bond acceptors (Lipinski definition) is 3. The molecule has 6 heteroatoms. The lowest BCUT2D eigenvalue weighted by atomic mass is 10.2. The van der Waals surface area contributed by atoms with Crippen LogP contribution < -0.4 is 5.73 Å². The van der Waals surface area contributed by atoms with Crippen LogP contribution in [0.4, 0.5) is 5.69 Å². The quantitative estimate of drug-likeness (QED) is 0.511. The van der Waals surface area contributed by atoms with Crippen molar-refractivity contribution in [2.45, 2.75) is 0 Å². The van der Waals surface area contributed by atoms with Crippen LogP contribution in [0, 0.1) is 0 Å². The Morgan fingerprint density at radius 2 is 1.89 bits per heavy atom. The highest BCUT2D eigenvalue weighted by Crippen LogP contribution is 2.37. The summed E-state index contributed by atoms with van der Waals surface area (Å²) in [5.41, 5.74) is 8.86. The summed E-state index contributed by atoms with van der Waals surface area (Å²) in [6.45, 7) is 0. The highest BCUT2D eigenvalue weighted by molar-refractivity contribution is 9.11. The van der Waals surface area contributed by atoms with Gasteiger partial charge in [0.1, 0.15) is 5.52 Å². The molecule has 0 unspecified atom stereocenters. The molecule has 3 rings (SSSR count). The molecule has 0 aliphatic heterocycles. The second kappa shape index (κ2) is 4.92. The summed E-state index contributed by atoms with van der Waals surface area (Å²) in [5, 5.41) is 0. The number of halogens is 3. The Bertz CT molecular complexity index is 783. The molecular formula is C13H7Br3N2O. The minimum absolute atomic E-state index is 0.564. The number of hydrogen-bond donors (Lipinski definition) is 1. The molecule has 2 aromatic carbocycles. The first kappa shape index (κ1) is 13.1. The molecule has 3 aromatic rings. The van der Waals surface area contributed by atoms with E-state index in [1.807, 2.05) is 30.3 Å². The molecule has 19 heavy (non-hydrogen) atoms. The van der Waals surface area contributed by atoms with Gasteiger partial charge in [-0.05, 0) is 56.1 Å². The SMILES string of the molecule is Nc1c(Br)cc2oc(-c3cccc(Br)c3)nc2c1Br. The van der Waals surface area contributed by atoms with Crippen LogP contribution >= 0.6 is 47.8 Å². The van der Waals surface area contributed by atoms with Crippen molar-refractivity contribution in [3.8, 4) is 11.5 Å². The van der Waals surface area contributed by atoms with E-state index in [2.05, 4.69) is 52.8 Å². The normalized spacial score (nSPS) is 11.1. The monoisotopic (exact) mass is 444 g/mol. The largest absolute Gasteiger partial charge is 0.436 e. The maximum absolute atomic E-state index is 5.94. The zero-order valence-electron chi connectivity index (χ0n) is 9.45. The number of nitrogens with two attached hydrogens (primary N) is 1. The zero-order chi connectivity index (χ0) is 13.6. The van der Waals surface area contributed by atoms with Crippen LogP contribution in [-0.4, -0.2) is 4.98 Å². The molecule has 1 aromatic heterocycles. The molecule has 1 heterocycles. The van der Waals surface area contributed by atoms with Crippen LogP contribution in [0.1, 0.15) is 0 Å². The molecule has 3 nitrogen and oxygen atoms in total. The molecule has 0 bridgehead atoms. The summed E-state index contributed by atoms with van der Waals surface area (Å²) in [5.74, 6) is 0.564. The van der Waals surface area contributed by atoms with Crippen LogP contribution in [0.15, 0.2) is 48.2 Å². The van der Waals surface area contributed by atoms with Gasteiger partial charge in [0.25, 0.3) is 0 Å². The molecule has 0 saturated carbocycles. The molecule has 0 radical (unpaired) electrons. The van der Waals surface area contributed by atoms with Gasteiger partial charge in [-0.3, -0.25) is 0 Å². The Morgan fingerprint density at radius 3 is 2.63 bits per heavy atom. The van der Waals surface area contributed by atoms with Crippen LogP contribution in [0.2, 0.25) is 0 Å². The molecule has 0 aliphatic rings. The molecule has 0 amide bonds. The first-order chi connectivity index (χ1) is 9.06. The molecule has 0 atom stereocenters. The molecule has 96 valence electrons. The van der Waals surface area contributed by atoms with Gasteiger partial charge in [-0.2, -0.15) is 0 Å². The molecule has 0 saturated heterocycles. The Labute approximate surface area is 134 Å². The topological polar surface area (TPSA) is 52.0 Å². The van der Waals surface area contributed by atoms with Crippen molar-refractivity contribution >= 4 is 64.6 Å². The Morgan fingerprint density at radius 1 is 1.11 bits per heavy atom. The van der Waals surface area contributed by atoms with Crippen molar-refractivity contribution in [2.24, 2.45) is 0 Å². The number of nitrogen functional groups attached to an aromatic ring is 1. The number of nitrogens with zero attached hydrogens (tertiary/aromatic N) is 1. The standard InChI is InChI=1S/C13H7Br3N2O/c14-7-3-1-2-6(4-7)13-18-12-9(19-13)5-8(15)11(17)10(12)16/h1-5H,17H2. The van der Waals surface area contributed by atoms with Gasteiger partial charge in [-0.15, -0.1) is 0 Å². The van der Waals surface area contributed by atoms with Gasteiger partial charge < -0.3 is 10.2 Å². The number of rotatable bonds is 1. The lowest BCUT2D eigenvalue weighted by Gasteiger charge is -1.99. The summed E-state index contributed by atoms with van der Waals surface area (Å²) >= 11 is 10.3. The molecule has 0 aliphatic carbocycles. The van der Waals surface area contributed by atoms with Gasteiger partial charge in [-0.1, -0.05) is 22.0 Å². The third-order valence-electron chi connectivity index (χ3n) is 2.68. The lowest BCUT2D eigenvalue weighted by Crippen LogP contribution is -1.88. The zero-order valence-corrected chi connectivity index (χ0v) is 14.2. The Kier molecular flexibility index (Phi) is 3.41. The molecule has 0 fully saturated rings. The minimum atomic E-state index is 0.564. The van der Waals surface area contributed by atoms with E-state index in [9.17, 15) is 0 Å². The number of benzene rings is 2. The average molecular weight is 447 g/mol. The van der Waals surface area contributed by atoms with Gasteiger partial charge >= 0.3 is 0 Å². The van der Waals surface area contributed by atoms with E-state index in [1.54, 1.807) is 0 Å². The van der Waals surface area contributed by atoms with E-state index in [1.165, 1.54) is 0 Å². The number of aromatic nitrogens is 1. The smallest absolute Gasteiger partial charge is 0.227 e. The van der Waals surface area contributed by atoms with E-state index in [0.717, 1.165) is 24.5 Å². The van der Waals surface area contributed by atoms with Crippen molar-refractivity contribution in [3.63, 3.8) is 0 Å². The second-order valence-corrected chi connectivity index (χ2v) is 6.53. The summed E-state index contributed by atoms with van der Waals surface area (Å²) < 4.78 is 8.28. The molecule has 0 spiro atoms. The first-order valence-electron chi connectivity index (χ1n) is 5.36. The summed E-state index contributed by atoms with van der Waals surface area (Å²) in [7, 11) is 0. The highest BCUT2D eigenvalue weighted by atomic mass is 79.9. The van der Waals surface area contributed by atoms with Crippen LogP contribution in [0.3, 0.4) is 0 Å². The third kappa shape index (κ3) is 2.32. The van der Waals surface area contributed by atoms with E-state index in [0.29, 0.717) is 17.2 Å². The fourth-order valence-electron chi connectivity index (χ4n) is 1.76. The van der Waals surface area contributed by atoms with Gasteiger partial charge in [0.15, 0.2) is 5.58 Å². The minimum Gasteiger partial charge on any atom is -0.436 e. The lowest BCUT2D eigenvalue weighted by molar-refractivity contribution is 0.619. The number of oxazole rings is 1. The predicted molar refractivity (Wildman–Crippen MR) is 87.0 cm³/mol. The van der Waals surface area contributed by atoms with E-state index in [4.69, 9.17) is 10.2 Å². The van der Waals surface area contributed by atoms with Gasteiger partial charge in [-0.25, -0.2) is 4.98 Å². The summed E-state index contributed by atoms with van der Waals surface area (Å²) in [6, 6.07) is 9.62. The Hall–Kier alpha value is -0.850. The van der Waals surface area contributed by atoms with Crippen molar-refractivity contribution in [3.05, 3.63) is 43.7 Å². The van der Waals surface area contributed by atoms with Crippen LogP contribution in [-0.2, 0) is 0 Å².